The van der Waals surface area contributed by atoms with Gasteiger partial charge >= 0.3 is 19.5 Å². The van der Waals surface area contributed by atoms with E-state index in [1.54, 1.807) is 7.11 Å². The van der Waals surface area contributed by atoms with Crippen molar-refractivity contribution in [3.8, 4) is 5.92 Å². The first-order chi connectivity index (χ1) is 29.5. The van der Waals surface area contributed by atoms with Crippen LogP contribution in [0.15, 0.2) is 241 Å². The minimum absolute atomic E-state index is 0. The normalized spacial score (nSPS) is 13.9. The molecule has 8 aromatic carbocycles. The van der Waals surface area contributed by atoms with E-state index in [9.17, 15) is 0 Å². The molecule has 0 aliphatic carbocycles. The summed E-state index contributed by atoms with van der Waals surface area (Å²) < 4.78 is 5.59. The number of benzene rings is 7. The predicted molar refractivity (Wildman–Crippen MR) is 264 cm³/mol. The average molecular weight is 936 g/mol. The summed E-state index contributed by atoms with van der Waals surface area (Å²) in [6, 6.07) is 83.0. The first kappa shape index (κ1) is 47.3. The van der Waals surface area contributed by atoms with Crippen LogP contribution in [0.4, 0.5) is 0 Å². The largest absolute Gasteiger partial charge is 2.00 e. The Bertz CT molecular complexity index is 2080. The number of hydrogen-bond acceptors (Lipinski definition) is 2. The number of hydrogen-bond donors (Lipinski definition) is 0. The summed E-state index contributed by atoms with van der Waals surface area (Å²) in [4.78, 5) is 1.28. The van der Waals surface area contributed by atoms with Crippen LogP contribution in [0.1, 0.15) is 25.3 Å². The number of fused-ring (bicyclic) bond motifs is 1. The second-order valence-electron chi connectivity index (χ2n) is 14.5. The molecule has 1 heterocycles. The fourth-order valence-corrected chi connectivity index (χ4v) is 13.1. The van der Waals surface area contributed by atoms with Crippen LogP contribution >= 0.6 is 27.6 Å². The molecule has 1 aliphatic heterocycles. The summed E-state index contributed by atoms with van der Waals surface area (Å²) >= 11 is 1.85. The minimum atomic E-state index is -0.446. The van der Waals surface area contributed by atoms with Gasteiger partial charge in [0.25, 0.3) is 0 Å². The van der Waals surface area contributed by atoms with Crippen molar-refractivity contribution in [2.75, 3.05) is 12.9 Å². The van der Waals surface area contributed by atoms with E-state index >= 15 is 0 Å². The molecule has 0 N–H and O–H groups in total. The molecule has 0 amide bonds. The molecule has 1 nitrogen and oxygen atoms in total. The molecule has 306 valence electrons. The van der Waals surface area contributed by atoms with Gasteiger partial charge in [0.2, 0.25) is 0 Å². The molecule has 1 aliphatic rings. The first-order valence-corrected chi connectivity index (χ1v) is 23.9. The Morgan fingerprint density at radius 1 is 0.508 bits per heavy atom. The maximum Gasteiger partial charge on any atom is 2.00 e. The standard InChI is InChI=1S/2C18H15P.C15H17OS.C5H5.Ru/c2*1-4-10-16(11-5-1)19(17-12-6-2-7-13-17)18-14-8-3-9-15-18;1-5-11-12-8-6-7-9-14(12)17-10-13(11)15(2,3)16-4;1-2-4-5-3-1;/h2*1-15H;6-9,11,13H,10H2,2-4H3;1-5H;/q;;2*-1;+2. The topological polar surface area (TPSA) is 9.23 Å². The Morgan fingerprint density at radius 2 is 0.820 bits per heavy atom. The Morgan fingerprint density at radius 3 is 1.10 bits per heavy atom. The van der Waals surface area contributed by atoms with Gasteiger partial charge in [-0.3, -0.25) is 0 Å². The van der Waals surface area contributed by atoms with Crippen LogP contribution in [0.2, 0.25) is 0 Å². The number of ether oxygens (including phenoxy) is 1. The van der Waals surface area contributed by atoms with Gasteiger partial charge in [0.05, 0.1) is 5.60 Å². The maximum absolute atomic E-state index is 7.60. The first-order valence-electron chi connectivity index (χ1n) is 20.3. The van der Waals surface area contributed by atoms with E-state index in [1.807, 2.05) is 48.2 Å². The number of rotatable bonds is 8. The molecule has 2 atom stereocenters. The number of thioether (sulfide) groups is 1. The van der Waals surface area contributed by atoms with Crippen LogP contribution in [0.25, 0.3) is 0 Å². The zero-order valence-electron chi connectivity index (χ0n) is 34.9. The quantitative estimate of drug-likeness (QED) is 0.0650. The van der Waals surface area contributed by atoms with Crippen LogP contribution in [0, 0.1) is 18.3 Å². The van der Waals surface area contributed by atoms with Gasteiger partial charge in [0.15, 0.2) is 0 Å². The Kier molecular flexibility index (Phi) is 19.6. The fourth-order valence-electron chi connectivity index (χ4n) is 6.97. The van der Waals surface area contributed by atoms with Gasteiger partial charge in [-0.2, -0.15) is 18.2 Å². The van der Waals surface area contributed by atoms with Crippen LogP contribution in [0.5, 0.6) is 0 Å². The zero-order valence-corrected chi connectivity index (χ0v) is 39.3. The molecular weight excluding hydrogens is 884 g/mol. The van der Waals surface area contributed by atoms with Gasteiger partial charge in [-0.25, -0.2) is 12.1 Å². The number of methoxy groups -OCH3 is 1. The molecular formula is C56H52OP2RuS. The van der Waals surface area contributed by atoms with Crippen molar-refractivity contribution in [3.05, 3.63) is 249 Å². The summed E-state index contributed by atoms with van der Waals surface area (Å²) in [6.07, 6.45) is 7.60. The Balaban J connectivity index is 0.000000162. The zero-order chi connectivity index (χ0) is 41.8. The van der Waals surface area contributed by atoms with E-state index in [2.05, 4.69) is 220 Å². The van der Waals surface area contributed by atoms with Crippen molar-refractivity contribution in [2.24, 2.45) is 5.92 Å². The summed E-state index contributed by atoms with van der Waals surface area (Å²) in [5, 5.41) is 8.39. The second-order valence-corrected chi connectivity index (χ2v) is 20.0. The van der Waals surface area contributed by atoms with Crippen LogP contribution < -0.4 is 31.8 Å². The van der Waals surface area contributed by atoms with Gasteiger partial charge in [0.1, 0.15) is 0 Å². The molecule has 2 unspecified atom stereocenters. The van der Waals surface area contributed by atoms with E-state index in [4.69, 9.17) is 11.2 Å². The van der Waals surface area contributed by atoms with Crippen molar-refractivity contribution < 1.29 is 24.2 Å². The molecule has 61 heavy (non-hydrogen) atoms. The van der Waals surface area contributed by atoms with E-state index < -0.39 is 15.8 Å². The molecule has 0 spiro atoms. The van der Waals surface area contributed by atoms with E-state index in [-0.39, 0.29) is 31.0 Å². The molecule has 9 rings (SSSR count). The SMILES string of the molecule is [C-]#CC1c2ccccc2SCC1C(C)(C)OC.[Ru+2].c1cc[cH-]c1.c1ccc(P(c2ccccc2)c2ccccc2)cc1.c1ccc(P(c2ccccc2)c2ccccc2)cc1. The van der Waals surface area contributed by atoms with E-state index in [1.165, 1.54) is 42.3 Å². The van der Waals surface area contributed by atoms with Crippen molar-refractivity contribution in [2.45, 2.75) is 30.3 Å². The van der Waals surface area contributed by atoms with Gasteiger partial charge in [-0.1, -0.05) is 200 Å². The second kappa shape index (κ2) is 25.2. The molecule has 8 aromatic rings. The predicted octanol–water partition coefficient (Wildman–Crippen LogP) is 11.8. The van der Waals surface area contributed by atoms with Gasteiger partial charge < -0.3 is 17.1 Å². The van der Waals surface area contributed by atoms with Gasteiger partial charge in [0, 0.05) is 29.6 Å². The van der Waals surface area contributed by atoms with Crippen molar-refractivity contribution >= 4 is 59.4 Å². The molecule has 0 fully saturated rings. The van der Waals surface area contributed by atoms with Gasteiger partial charge in [-0.05, 0) is 73.1 Å². The molecule has 5 heteroatoms. The molecule has 0 saturated carbocycles. The Hall–Kier alpha value is -4.76. The smallest absolute Gasteiger partial charge is 0.693 e. The summed E-state index contributed by atoms with van der Waals surface area (Å²) in [7, 11) is 0.850. The summed E-state index contributed by atoms with van der Waals surface area (Å²) in [6.45, 7) is 4.19. The maximum atomic E-state index is 7.60. The van der Waals surface area contributed by atoms with Crippen molar-refractivity contribution in [1.82, 2.24) is 0 Å². The summed E-state index contributed by atoms with van der Waals surface area (Å²) in [5.74, 6) is 4.03. The Labute approximate surface area is 384 Å². The molecule has 0 saturated heterocycles. The molecule has 0 radical (unpaired) electrons. The van der Waals surface area contributed by atoms with Gasteiger partial charge in [-0.15, -0.1) is 11.8 Å². The van der Waals surface area contributed by atoms with E-state index in [0.717, 1.165) is 5.75 Å². The third-order valence-electron chi connectivity index (χ3n) is 10.3. The third-order valence-corrected chi connectivity index (χ3v) is 16.4. The summed E-state index contributed by atoms with van der Waals surface area (Å²) in [5.41, 5.74) is 0.994. The van der Waals surface area contributed by atoms with Crippen molar-refractivity contribution in [3.63, 3.8) is 0 Å². The third kappa shape index (κ3) is 13.6. The minimum Gasteiger partial charge on any atom is -0.693 e. The average Bonchev–Trinajstić information content (AvgIpc) is 3.92. The van der Waals surface area contributed by atoms with Crippen LogP contribution in [-0.2, 0) is 24.2 Å². The van der Waals surface area contributed by atoms with Crippen LogP contribution in [0.3, 0.4) is 0 Å². The monoisotopic (exact) mass is 936 g/mol. The van der Waals surface area contributed by atoms with Crippen molar-refractivity contribution in [1.29, 1.82) is 0 Å². The van der Waals surface area contributed by atoms with Crippen LogP contribution in [-0.4, -0.2) is 18.5 Å². The molecule has 0 aromatic heterocycles. The van der Waals surface area contributed by atoms with E-state index in [0.29, 0.717) is 5.92 Å². The molecule has 0 bridgehead atoms. The fraction of sp³-hybridized carbons (Fsp3) is 0.125.